The third kappa shape index (κ3) is 8.08. The van der Waals surface area contributed by atoms with E-state index >= 15 is 0 Å². The van der Waals surface area contributed by atoms with Crippen molar-refractivity contribution in [2.24, 2.45) is 5.92 Å². The molecule has 4 rings (SSSR count). The fraction of sp³-hybridized carbons (Fsp3) is 0.538. The van der Waals surface area contributed by atoms with Crippen molar-refractivity contribution in [3.05, 3.63) is 65.0 Å². The molecule has 0 amide bonds. The molecule has 0 spiro atoms. The molecule has 2 heterocycles. The molecule has 1 fully saturated rings. The topological polar surface area (TPSA) is 71.5 Å². The first-order chi connectivity index (χ1) is 15.1. The number of aromatic nitrogens is 1. The van der Waals surface area contributed by atoms with E-state index in [4.69, 9.17) is 4.79 Å². The fourth-order valence-electron chi connectivity index (χ4n) is 4.42. The van der Waals surface area contributed by atoms with Crippen LogP contribution in [0.5, 0.6) is 0 Å². The first-order valence-corrected chi connectivity index (χ1v) is 11.4. The molecule has 1 aromatic carbocycles. The van der Waals surface area contributed by atoms with Gasteiger partial charge in [0.15, 0.2) is 0 Å². The number of nitrogens with zero attached hydrogens (tertiary/aromatic N) is 1. The number of hydrogen-bond acceptors (Lipinski definition) is 5. The van der Waals surface area contributed by atoms with Crippen molar-refractivity contribution in [2.45, 2.75) is 64.4 Å². The average Bonchev–Trinajstić information content (AvgIpc) is 2.99. The van der Waals surface area contributed by atoms with Crippen LogP contribution in [-0.4, -0.2) is 36.8 Å². The lowest BCUT2D eigenvalue weighted by Crippen LogP contribution is -2.26. The number of fused-ring (bicyclic) bond motifs is 1. The first-order valence-electron chi connectivity index (χ1n) is 11.4. The molecule has 1 unspecified atom stereocenters. The Morgan fingerprint density at radius 3 is 2.52 bits per heavy atom. The van der Waals surface area contributed by atoms with Crippen LogP contribution in [0.4, 0.5) is 0 Å². The van der Waals surface area contributed by atoms with Crippen molar-refractivity contribution in [1.29, 1.82) is 0 Å². The van der Waals surface area contributed by atoms with Gasteiger partial charge in [0.2, 0.25) is 0 Å². The second-order valence-corrected chi connectivity index (χ2v) is 8.33. The molecule has 170 valence electrons. The van der Waals surface area contributed by atoms with Crippen LogP contribution in [-0.2, 0) is 16.0 Å². The maximum atomic E-state index is 9.98. The Morgan fingerprint density at radius 1 is 1.16 bits per heavy atom. The summed E-state index contributed by atoms with van der Waals surface area (Å²) >= 11 is 0. The zero-order valence-corrected chi connectivity index (χ0v) is 19.2. The van der Waals surface area contributed by atoms with Crippen molar-refractivity contribution >= 4 is 6.47 Å². The predicted molar refractivity (Wildman–Crippen MR) is 125 cm³/mol. The van der Waals surface area contributed by atoms with Gasteiger partial charge in [0.25, 0.3) is 6.47 Å². The number of ether oxygens (including phenoxy) is 1. The smallest absolute Gasteiger partial charge is 0.292 e. The molecule has 0 radical (unpaired) electrons. The minimum absolute atomic E-state index is 0.348. The fourth-order valence-corrected chi connectivity index (χ4v) is 4.42. The normalized spacial score (nSPS) is 20.6. The van der Waals surface area contributed by atoms with E-state index in [1.54, 1.807) is 11.8 Å². The van der Waals surface area contributed by atoms with Crippen LogP contribution in [0.2, 0.25) is 0 Å². The molecule has 1 aliphatic carbocycles. The zero-order chi connectivity index (χ0) is 22.5. The van der Waals surface area contributed by atoms with Crippen molar-refractivity contribution in [3.8, 4) is 0 Å². The molecule has 1 aromatic heterocycles. The molecular weight excluding hydrogens is 388 g/mol. The molecule has 31 heavy (non-hydrogen) atoms. The van der Waals surface area contributed by atoms with Crippen molar-refractivity contribution in [2.75, 3.05) is 20.2 Å². The molecule has 5 nitrogen and oxygen atoms in total. The van der Waals surface area contributed by atoms with Crippen LogP contribution in [0, 0.1) is 12.8 Å². The van der Waals surface area contributed by atoms with Gasteiger partial charge in [-0.05, 0) is 86.7 Å². The minimum Gasteiger partial charge on any atom is -0.471 e. The predicted octanol–water partition coefficient (Wildman–Crippen LogP) is 4.73. The number of rotatable bonds is 3. The number of hydrogen-bond donors (Lipinski definition) is 2. The first kappa shape index (κ1) is 25.0. The monoisotopic (exact) mass is 426 g/mol. The van der Waals surface area contributed by atoms with E-state index in [0.29, 0.717) is 12.4 Å². The summed E-state index contributed by atoms with van der Waals surface area (Å²) in [5.74, 6) is 1.45. The number of aliphatic hydroxyl groups excluding tert-OH is 1. The highest BCUT2D eigenvalue weighted by atomic mass is 16.5. The summed E-state index contributed by atoms with van der Waals surface area (Å²) in [7, 11) is 1.31. The number of carbonyl (C=O) groups is 1. The molecule has 0 saturated carbocycles. The lowest BCUT2D eigenvalue weighted by molar-refractivity contribution is -0.126. The largest absolute Gasteiger partial charge is 0.471 e. The Labute approximate surface area is 187 Å². The highest BCUT2D eigenvalue weighted by molar-refractivity contribution is 5.36. The number of aliphatic hydroxyl groups is 1. The second kappa shape index (κ2) is 13.9. The van der Waals surface area contributed by atoms with Gasteiger partial charge in [-0.25, -0.2) is 0 Å². The van der Waals surface area contributed by atoms with Crippen LogP contribution < -0.4 is 5.32 Å². The minimum atomic E-state index is -0.348. The van der Waals surface area contributed by atoms with Gasteiger partial charge in [-0.15, -0.1) is 0 Å². The Morgan fingerprint density at radius 2 is 1.87 bits per heavy atom. The molecule has 2 aliphatic rings. The highest BCUT2D eigenvalue weighted by Gasteiger charge is 2.22. The van der Waals surface area contributed by atoms with Gasteiger partial charge >= 0.3 is 0 Å². The summed E-state index contributed by atoms with van der Waals surface area (Å²) < 4.78 is 3.86. The molecule has 0 bridgehead atoms. The molecule has 1 aliphatic heterocycles. The number of nitrogens with one attached hydrogen (secondary N) is 1. The number of benzene rings is 1. The third-order valence-corrected chi connectivity index (χ3v) is 6.26. The second-order valence-electron chi connectivity index (χ2n) is 8.33. The Hall–Kier alpha value is -2.24. The van der Waals surface area contributed by atoms with Gasteiger partial charge in [0, 0.05) is 6.20 Å². The number of methoxy groups -OCH3 is 1. The molecule has 2 N–H and O–H groups in total. The molecular formula is C26H38N2O3. The standard InChI is InChI=1S/C12H17NO.C12H17N.C2H4O2/c1-2-9-5-6-10-4-3-7-13-12(10)11(14)8-9;1-10-4-2-3-5-12(10)11-6-8-13-9-7-11;1-4-2-3/h3-4,7,9,11,14H,2,5-6,8H2,1H3;2-5,11,13H,6-9H2,1H3;2H,1H3/t9-,11?;;/m1../s1. The van der Waals surface area contributed by atoms with Gasteiger partial charge in [0.1, 0.15) is 0 Å². The Kier molecular flexibility index (Phi) is 11.3. The lowest BCUT2D eigenvalue weighted by atomic mass is 9.88. The van der Waals surface area contributed by atoms with E-state index in [2.05, 4.69) is 59.2 Å². The maximum Gasteiger partial charge on any atom is 0.292 e. The Balaban J connectivity index is 0.000000189. The summed E-state index contributed by atoms with van der Waals surface area (Å²) in [6, 6.07) is 12.8. The SMILES string of the molecule is CC[C@@H]1CCc2cccnc2C(O)C1.COC=O.Cc1ccccc1C1CCNCC1. The van der Waals surface area contributed by atoms with Gasteiger partial charge in [-0.2, -0.15) is 0 Å². The van der Waals surface area contributed by atoms with Crippen LogP contribution in [0.15, 0.2) is 42.6 Å². The summed E-state index contributed by atoms with van der Waals surface area (Å²) in [6.45, 7) is 7.15. The van der Waals surface area contributed by atoms with E-state index in [1.165, 1.54) is 50.6 Å². The summed E-state index contributed by atoms with van der Waals surface area (Å²) in [6.07, 6.45) is 8.30. The van der Waals surface area contributed by atoms with E-state index in [1.807, 2.05) is 6.07 Å². The van der Waals surface area contributed by atoms with Crippen LogP contribution in [0.3, 0.4) is 0 Å². The molecule has 2 atom stereocenters. The van der Waals surface area contributed by atoms with Crippen LogP contribution in [0.1, 0.15) is 73.4 Å². The van der Waals surface area contributed by atoms with Gasteiger partial charge in [-0.3, -0.25) is 9.78 Å². The quantitative estimate of drug-likeness (QED) is 0.548. The Bertz CT molecular complexity index is 775. The molecule has 1 saturated heterocycles. The van der Waals surface area contributed by atoms with E-state index in [-0.39, 0.29) is 6.10 Å². The highest BCUT2D eigenvalue weighted by Crippen LogP contribution is 2.31. The van der Waals surface area contributed by atoms with Crippen molar-refractivity contribution in [3.63, 3.8) is 0 Å². The van der Waals surface area contributed by atoms with Crippen LogP contribution >= 0.6 is 0 Å². The van der Waals surface area contributed by atoms with Gasteiger partial charge < -0.3 is 15.2 Å². The number of piperidine rings is 1. The van der Waals surface area contributed by atoms with Gasteiger partial charge in [-0.1, -0.05) is 43.7 Å². The zero-order valence-electron chi connectivity index (χ0n) is 19.2. The molecule has 5 heteroatoms. The van der Waals surface area contributed by atoms with E-state index in [0.717, 1.165) is 30.9 Å². The maximum absolute atomic E-state index is 9.98. The number of carbonyl (C=O) groups excluding carboxylic acids is 1. The van der Waals surface area contributed by atoms with E-state index < -0.39 is 0 Å². The molecule has 2 aromatic rings. The van der Waals surface area contributed by atoms with Crippen LogP contribution in [0.25, 0.3) is 0 Å². The third-order valence-electron chi connectivity index (χ3n) is 6.26. The van der Waals surface area contributed by atoms with E-state index in [9.17, 15) is 5.11 Å². The summed E-state index contributed by atoms with van der Waals surface area (Å²) in [5, 5.41) is 13.4. The number of aryl methyl sites for hydroxylation is 2. The number of pyridine rings is 1. The summed E-state index contributed by atoms with van der Waals surface area (Å²) in [5.41, 5.74) is 5.15. The average molecular weight is 427 g/mol. The summed E-state index contributed by atoms with van der Waals surface area (Å²) in [4.78, 5) is 13.2. The van der Waals surface area contributed by atoms with Gasteiger partial charge in [0.05, 0.1) is 18.9 Å². The van der Waals surface area contributed by atoms with Crippen molar-refractivity contribution in [1.82, 2.24) is 10.3 Å². The van der Waals surface area contributed by atoms with Crippen molar-refractivity contribution < 1.29 is 14.6 Å². The lowest BCUT2D eigenvalue weighted by Gasteiger charge is -2.24.